The third-order valence-electron chi connectivity index (χ3n) is 5.99. The zero-order valence-corrected chi connectivity index (χ0v) is 19.4. The molecule has 4 heterocycles. The number of nitrogen functional groups attached to an aromatic ring is 1. The van der Waals surface area contributed by atoms with Crippen LogP contribution in [0.2, 0.25) is 0 Å². The van der Waals surface area contributed by atoms with E-state index in [9.17, 15) is 13.2 Å². The first-order chi connectivity index (χ1) is 17.3. The fourth-order valence-corrected chi connectivity index (χ4v) is 4.25. The molecule has 1 atom stereocenters. The summed E-state index contributed by atoms with van der Waals surface area (Å²) >= 11 is 0. The van der Waals surface area contributed by atoms with Crippen LogP contribution in [0.25, 0.3) is 11.3 Å². The molecule has 0 bridgehead atoms. The van der Waals surface area contributed by atoms with Crippen LogP contribution in [0.5, 0.6) is 5.75 Å². The van der Waals surface area contributed by atoms with Crippen molar-refractivity contribution in [3.63, 3.8) is 0 Å². The number of benzene rings is 1. The molecule has 12 heteroatoms. The van der Waals surface area contributed by atoms with Crippen molar-refractivity contribution in [1.82, 2.24) is 15.0 Å². The van der Waals surface area contributed by atoms with Gasteiger partial charge in [0.25, 0.3) is 0 Å². The molecule has 0 aliphatic carbocycles. The largest absolute Gasteiger partial charge is 0.496 e. The minimum atomic E-state index is -4.64. The number of rotatable bonds is 5. The predicted molar refractivity (Wildman–Crippen MR) is 130 cm³/mol. The van der Waals surface area contributed by atoms with Gasteiger partial charge in [0.1, 0.15) is 17.4 Å². The zero-order chi connectivity index (χ0) is 25.3. The van der Waals surface area contributed by atoms with Gasteiger partial charge in [0, 0.05) is 49.1 Å². The van der Waals surface area contributed by atoms with Crippen molar-refractivity contribution < 1.29 is 22.6 Å². The first-order valence-electron chi connectivity index (χ1n) is 11.3. The highest BCUT2D eigenvalue weighted by Gasteiger charge is 2.35. The van der Waals surface area contributed by atoms with Gasteiger partial charge in [-0.2, -0.15) is 18.2 Å². The van der Waals surface area contributed by atoms with Gasteiger partial charge in [-0.3, -0.25) is 4.99 Å². The first-order valence-corrected chi connectivity index (χ1v) is 11.3. The molecule has 1 saturated heterocycles. The summed E-state index contributed by atoms with van der Waals surface area (Å²) in [5.41, 5.74) is 6.30. The molecule has 1 aromatic carbocycles. The number of fused-ring (bicyclic) bond motifs is 1. The molecule has 0 amide bonds. The van der Waals surface area contributed by atoms with Gasteiger partial charge in [0.05, 0.1) is 43.3 Å². The molecular weight excluding hydrogens is 475 g/mol. The van der Waals surface area contributed by atoms with Gasteiger partial charge in [-0.15, -0.1) is 0 Å². The molecule has 5 rings (SSSR count). The Morgan fingerprint density at radius 1 is 1.17 bits per heavy atom. The maximum atomic E-state index is 13.9. The van der Waals surface area contributed by atoms with E-state index in [2.05, 4.69) is 25.3 Å². The van der Waals surface area contributed by atoms with E-state index < -0.39 is 11.7 Å². The van der Waals surface area contributed by atoms with Crippen LogP contribution in [-0.4, -0.2) is 60.6 Å². The second-order valence-electron chi connectivity index (χ2n) is 8.38. The Morgan fingerprint density at radius 3 is 2.72 bits per heavy atom. The molecule has 36 heavy (non-hydrogen) atoms. The number of nitrogens with two attached hydrogens (primary N) is 1. The summed E-state index contributed by atoms with van der Waals surface area (Å²) in [7, 11) is 1.60. The molecule has 0 saturated carbocycles. The van der Waals surface area contributed by atoms with E-state index in [1.54, 1.807) is 13.3 Å². The molecule has 0 radical (unpaired) electrons. The van der Waals surface area contributed by atoms with Gasteiger partial charge in [-0.05, 0) is 18.2 Å². The van der Waals surface area contributed by atoms with E-state index in [1.165, 1.54) is 6.07 Å². The van der Waals surface area contributed by atoms with Gasteiger partial charge >= 0.3 is 6.18 Å². The van der Waals surface area contributed by atoms with Crippen LogP contribution in [0.3, 0.4) is 0 Å². The highest BCUT2D eigenvalue weighted by Crippen LogP contribution is 2.38. The lowest BCUT2D eigenvalue weighted by atomic mass is 10.0. The number of morpholine rings is 1. The summed E-state index contributed by atoms with van der Waals surface area (Å²) < 4.78 is 52.4. The Labute approximate surface area is 205 Å². The summed E-state index contributed by atoms with van der Waals surface area (Å²) in [6.45, 7) is 1.98. The van der Waals surface area contributed by atoms with E-state index in [1.807, 2.05) is 23.1 Å². The number of aliphatic imine (C=N–C) groups is 1. The molecule has 2 aliphatic rings. The maximum absolute atomic E-state index is 13.9. The van der Waals surface area contributed by atoms with Crippen molar-refractivity contribution in [3.8, 4) is 17.0 Å². The zero-order valence-electron chi connectivity index (χ0n) is 19.4. The molecule has 2 aliphatic heterocycles. The number of pyridine rings is 1. The highest BCUT2D eigenvalue weighted by atomic mass is 19.4. The standard InChI is InChI=1S/C24H24F3N7O2/c1-35-20-4-2-3-18-15(20)9-14(12-29-18)31-22-11-19(32-23(33-22)34-5-7-36-8-6-34)16-13-30-21(28)10-17(16)24(25,26)27/h2-4,10-14H,5-9H2,1H3,(H2,28,30)(H,31,32,33). The van der Waals surface area contributed by atoms with Crippen molar-refractivity contribution >= 4 is 29.5 Å². The van der Waals surface area contributed by atoms with Crippen molar-refractivity contribution in [2.24, 2.45) is 4.99 Å². The summed E-state index contributed by atoms with van der Waals surface area (Å²) in [5, 5.41) is 3.29. The van der Waals surface area contributed by atoms with E-state index in [-0.39, 0.29) is 23.1 Å². The number of nitrogens with one attached hydrogen (secondary N) is 1. The highest BCUT2D eigenvalue weighted by molar-refractivity contribution is 5.79. The second-order valence-corrected chi connectivity index (χ2v) is 8.38. The van der Waals surface area contributed by atoms with Crippen LogP contribution in [0.1, 0.15) is 11.1 Å². The van der Waals surface area contributed by atoms with Gasteiger partial charge in [-0.25, -0.2) is 9.97 Å². The lowest BCUT2D eigenvalue weighted by Crippen LogP contribution is -2.37. The Balaban J connectivity index is 1.53. The van der Waals surface area contributed by atoms with Crippen molar-refractivity contribution in [2.75, 3.05) is 49.4 Å². The fraction of sp³-hybridized carbons (Fsp3) is 0.333. The minimum absolute atomic E-state index is 0.0829. The Kier molecular flexibility index (Phi) is 6.35. The van der Waals surface area contributed by atoms with Crippen LogP contribution in [0.4, 0.5) is 36.4 Å². The number of hydrogen-bond acceptors (Lipinski definition) is 9. The molecule has 0 spiro atoms. The summed E-state index contributed by atoms with van der Waals surface area (Å²) in [4.78, 5) is 19.4. The second kappa shape index (κ2) is 9.61. The van der Waals surface area contributed by atoms with Crippen molar-refractivity contribution in [1.29, 1.82) is 0 Å². The lowest BCUT2D eigenvalue weighted by Gasteiger charge is -2.28. The number of nitrogens with zero attached hydrogens (tertiary/aromatic N) is 5. The number of methoxy groups -OCH3 is 1. The maximum Gasteiger partial charge on any atom is 0.417 e. The van der Waals surface area contributed by atoms with Gasteiger partial charge in [0.2, 0.25) is 5.95 Å². The number of anilines is 3. The molecule has 2 aromatic heterocycles. The fourth-order valence-electron chi connectivity index (χ4n) is 4.25. The summed E-state index contributed by atoms with van der Waals surface area (Å²) in [6, 6.07) is 7.67. The molecule has 1 fully saturated rings. The van der Waals surface area contributed by atoms with Crippen LogP contribution >= 0.6 is 0 Å². The van der Waals surface area contributed by atoms with E-state index in [4.69, 9.17) is 15.2 Å². The lowest BCUT2D eigenvalue weighted by molar-refractivity contribution is -0.137. The van der Waals surface area contributed by atoms with Crippen molar-refractivity contribution in [3.05, 3.63) is 47.7 Å². The Hall–Kier alpha value is -3.93. The minimum Gasteiger partial charge on any atom is -0.496 e. The third-order valence-corrected chi connectivity index (χ3v) is 5.99. The average Bonchev–Trinajstić information content (AvgIpc) is 2.88. The molecule has 1 unspecified atom stereocenters. The first kappa shape index (κ1) is 23.8. The van der Waals surface area contributed by atoms with Crippen LogP contribution in [0.15, 0.2) is 41.5 Å². The monoisotopic (exact) mass is 499 g/mol. The Morgan fingerprint density at radius 2 is 1.97 bits per heavy atom. The smallest absolute Gasteiger partial charge is 0.417 e. The van der Waals surface area contributed by atoms with Gasteiger partial charge in [0.15, 0.2) is 0 Å². The SMILES string of the molecule is COc1cccc2c1CC(Nc1cc(-c3cnc(N)cc3C(F)(F)F)nc(N3CCOCC3)n1)C=N2. The number of ether oxygens (including phenoxy) is 2. The van der Waals surface area contributed by atoms with Crippen LogP contribution < -0.4 is 20.7 Å². The van der Waals surface area contributed by atoms with E-state index in [0.29, 0.717) is 44.5 Å². The van der Waals surface area contributed by atoms with E-state index >= 15 is 0 Å². The number of hydrogen-bond donors (Lipinski definition) is 2. The quantitative estimate of drug-likeness (QED) is 0.547. The normalized spacial score (nSPS) is 17.6. The molecule has 188 valence electrons. The number of alkyl halides is 3. The third kappa shape index (κ3) is 4.89. The average molecular weight is 499 g/mol. The van der Waals surface area contributed by atoms with Crippen molar-refractivity contribution in [2.45, 2.75) is 18.6 Å². The van der Waals surface area contributed by atoms with Gasteiger partial charge in [-0.1, -0.05) is 6.07 Å². The number of aromatic nitrogens is 3. The summed E-state index contributed by atoms with van der Waals surface area (Å²) in [6.07, 6.45) is -1.23. The van der Waals surface area contributed by atoms with Gasteiger partial charge < -0.3 is 25.4 Å². The van der Waals surface area contributed by atoms with Crippen LogP contribution in [-0.2, 0) is 17.3 Å². The molecule has 3 aromatic rings. The molecule has 3 N–H and O–H groups in total. The van der Waals surface area contributed by atoms with Crippen LogP contribution in [0, 0.1) is 0 Å². The number of halogens is 3. The molecular formula is C24H24F3N7O2. The van der Waals surface area contributed by atoms with E-state index in [0.717, 1.165) is 29.3 Å². The predicted octanol–water partition coefficient (Wildman–Crippen LogP) is 3.72. The Bertz CT molecular complexity index is 1290. The topological polar surface area (TPSA) is 111 Å². The molecule has 9 nitrogen and oxygen atoms in total. The summed E-state index contributed by atoms with van der Waals surface area (Å²) in [5.74, 6) is 1.16.